The lowest BCUT2D eigenvalue weighted by Crippen LogP contribution is -2.20. The van der Waals surface area contributed by atoms with Crippen LogP contribution in [-0.2, 0) is 0 Å². The molecule has 3 heteroatoms. The third kappa shape index (κ3) is 2.87. The number of ether oxygens (including phenoxy) is 1. The molecule has 0 spiro atoms. The van der Waals surface area contributed by atoms with Gasteiger partial charge in [0.25, 0.3) is 0 Å². The van der Waals surface area contributed by atoms with Crippen LogP contribution in [0.1, 0.15) is 32.6 Å². The number of fused-ring (bicyclic) bond motifs is 1. The van der Waals surface area contributed by atoms with E-state index >= 15 is 0 Å². The van der Waals surface area contributed by atoms with Crippen LogP contribution in [0.25, 0.3) is 10.8 Å². The molecule has 3 nitrogen and oxygen atoms in total. The van der Waals surface area contributed by atoms with Crippen LogP contribution in [0.2, 0.25) is 0 Å². The summed E-state index contributed by atoms with van der Waals surface area (Å²) in [6.45, 7) is 2.24. The zero-order valence-corrected chi connectivity index (χ0v) is 12.2. The van der Waals surface area contributed by atoms with Gasteiger partial charge in [0.15, 0.2) is 0 Å². The Morgan fingerprint density at radius 1 is 1.35 bits per heavy atom. The minimum atomic E-state index is 0.530. The van der Waals surface area contributed by atoms with E-state index in [9.17, 15) is 0 Å². The van der Waals surface area contributed by atoms with Crippen LogP contribution >= 0.6 is 0 Å². The van der Waals surface area contributed by atoms with Crippen LogP contribution in [0.4, 0.5) is 5.82 Å². The van der Waals surface area contributed by atoms with Crippen molar-refractivity contribution in [2.24, 2.45) is 5.92 Å². The molecule has 1 saturated carbocycles. The monoisotopic (exact) mass is 270 g/mol. The molecule has 0 bridgehead atoms. The van der Waals surface area contributed by atoms with Gasteiger partial charge in [-0.25, -0.2) is 4.98 Å². The Morgan fingerprint density at radius 3 is 2.90 bits per heavy atom. The zero-order chi connectivity index (χ0) is 13.9. The second-order valence-corrected chi connectivity index (χ2v) is 5.68. The molecule has 0 radical (unpaired) electrons. The summed E-state index contributed by atoms with van der Waals surface area (Å²) in [7, 11) is 1.70. The number of pyridine rings is 1. The molecule has 0 aliphatic heterocycles. The summed E-state index contributed by atoms with van der Waals surface area (Å²) in [5.41, 5.74) is 0. The molecule has 1 heterocycles. The van der Waals surface area contributed by atoms with Crippen LogP contribution in [0, 0.1) is 5.92 Å². The molecule has 0 saturated heterocycles. The van der Waals surface area contributed by atoms with Crippen molar-refractivity contribution in [2.45, 2.75) is 38.6 Å². The number of aromatic nitrogens is 1. The Hall–Kier alpha value is -1.77. The van der Waals surface area contributed by atoms with E-state index in [-0.39, 0.29) is 0 Å². The number of nitrogens with one attached hydrogen (secondary N) is 1. The summed E-state index contributed by atoms with van der Waals surface area (Å²) < 4.78 is 5.28. The normalized spacial score (nSPS) is 16.1. The maximum Gasteiger partial charge on any atom is 0.134 e. The number of anilines is 1. The summed E-state index contributed by atoms with van der Waals surface area (Å²) in [6.07, 6.45) is 7.08. The zero-order valence-electron chi connectivity index (χ0n) is 12.2. The van der Waals surface area contributed by atoms with Crippen molar-refractivity contribution in [3.63, 3.8) is 0 Å². The van der Waals surface area contributed by atoms with E-state index in [0.29, 0.717) is 6.04 Å². The summed E-state index contributed by atoms with van der Waals surface area (Å²) in [5.74, 6) is 2.82. The van der Waals surface area contributed by atoms with Crippen LogP contribution in [-0.4, -0.2) is 18.1 Å². The van der Waals surface area contributed by atoms with Gasteiger partial charge in [-0.1, -0.05) is 19.8 Å². The molecule has 1 aromatic heterocycles. The molecule has 1 fully saturated rings. The van der Waals surface area contributed by atoms with E-state index in [1.165, 1.54) is 30.0 Å². The maximum atomic E-state index is 5.28. The Labute approximate surface area is 120 Å². The largest absolute Gasteiger partial charge is 0.497 e. The number of benzene rings is 1. The van der Waals surface area contributed by atoms with Gasteiger partial charge in [-0.05, 0) is 48.4 Å². The van der Waals surface area contributed by atoms with Gasteiger partial charge >= 0.3 is 0 Å². The first kappa shape index (κ1) is 13.2. The first-order valence-electron chi connectivity index (χ1n) is 7.49. The quantitative estimate of drug-likeness (QED) is 0.852. The Morgan fingerprint density at radius 2 is 2.20 bits per heavy atom. The molecule has 2 aromatic rings. The highest BCUT2D eigenvalue weighted by molar-refractivity contribution is 5.92. The summed E-state index contributed by atoms with van der Waals surface area (Å²) in [5, 5.41) is 5.97. The highest BCUT2D eigenvalue weighted by atomic mass is 16.5. The molecular weight excluding hydrogens is 248 g/mol. The summed E-state index contributed by atoms with van der Waals surface area (Å²) in [6, 6.07) is 8.71. The predicted octanol–water partition coefficient (Wildman–Crippen LogP) is 4.23. The minimum Gasteiger partial charge on any atom is -0.497 e. The lowest BCUT2D eigenvalue weighted by Gasteiger charge is -2.18. The average Bonchev–Trinajstić information content (AvgIpc) is 3.30. The highest BCUT2D eigenvalue weighted by Gasteiger charge is 2.25. The van der Waals surface area contributed by atoms with E-state index < -0.39 is 0 Å². The Bertz CT molecular complexity index is 593. The molecule has 1 aliphatic rings. The molecule has 0 amide bonds. The van der Waals surface area contributed by atoms with E-state index in [0.717, 1.165) is 23.9 Å². The topological polar surface area (TPSA) is 34.2 Å². The van der Waals surface area contributed by atoms with E-state index in [2.05, 4.69) is 29.4 Å². The third-order valence-corrected chi connectivity index (χ3v) is 4.12. The first-order chi connectivity index (χ1) is 9.80. The van der Waals surface area contributed by atoms with Crippen LogP contribution in [0.15, 0.2) is 30.5 Å². The van der Waals surface area contributed by atoms with Crippen molar-refractivity contribution in [2.75, 3.05) is 12.4 Å². The van der Waals surface area contributed by atoms with Crippen LogP contribution in [0.3, 0.4) is 0 Å². The summed E-state index contributed by atoms with van der Waals surface area (Å²) in [4.78, 5) is 4.53. The minimum absolute atomic E-state index is 0.530. The average molecular weight is 270 g/mol. The number of rotatable bonds is 6. The number of hydrogen-bond acceptors (Lipinski definition) is 3. The van der Waals surface area contributed by atoms with Gasteiger partial charge in [0.1, 0.15) is 11.6 Å². The van der Waals surface area contributed by atoms with Crippen molar-refractivity contribution >= 4 is 16.6 Å². The standard InChI is InChI=1S/C17H22N2O/c1-3-14(10-12-4-5-12)19-17-16-7-6-15(20-2)11-13(16)8-9-18-17/h6-9,11-12,14H,3-5,10H2,1-2H3,(H,18,19). The van der Waals surface area contributed by atoms with Gasteiger partial charge in [0.05, 0.1) is 7.11 Å². The van der Waals surface area contributed by atoms with Gasteiger partial charge in [-0.15, -0.1) is 0 Å². The van der Waals surface area contributed by atoms with Crippen LogP contribution < -0.4 is 10.1 Å². The lowest BCUT2D eigenvalue weighted by atomic mass is 10.1. The van der Waals surface area contributed by atoms with Gasteiger partial charge < -0.3 is 10.1 Å². The molecule has 106 valence electrons. The molecule has 1 atom stereocenters. The molecule has 1 aromatic carbocycles. The van der Waals surface area contributed by atoms with Crippen molar-refractivity contribution in [1.82, 2.24) is 4.98 Å². The Balaban J connectivity index is 1.86. The van der Waals surface area contributed by atoms with Gasteiger partial charge in [0.2, 0.25) is 0 Å². The van der Waals surface area contributed by atoms with E-state index in [1.807, 2.05) is 18.3 Å². The van der Waals surface area contributed by atoms with Crippen molar-refractivity contribution in [3.05, 3.63) is 30.5 Å². The van der Waals surface area contributed by atoms with E-state index in [1.54, 1.807) is 7.11 Å². The smallest absolute Gasteiger partial charge is 0.134 e. The second kappa shape index (κ2) is 5.70. The highest BCUT2D eigenvalue weighted by Crippen LogP contribution is 2.35. The fraction of sp³-hybridized carbons (Fsp3) is 0.471. The predicted molar refractivity (Wildman–Crippen MR) is 83.3 cm³/mol. The lowest BCUT2D eigenvalue weighted by molar-refractivity contribution is 0.415. The van der Waals surface area contributed by atoms with E-state index in [4.69, 9.17) is 4.74 Å². The molecule has 20 heavy (non-hydrogen) atoms. The van der Waals surface area contributed by atoms with Crippen molar-refractivity contribution < 1.29 is 4.74 Å². The van der Waals surface area contributed by atoms with Crippen molar-refractivity contribution in [1.29, 1.82) is 0 Å². The number of nitrogens with zero attached hydrogens (tertiary/aromatic N) is 1. The van der Waals surface area contributed by atoms with Gasteiger partial charge in [0, 0.05) is 17.6 Å². The molecule has 1 unspecified atom stereocenters. The molecule has 3 rings (SSSR count). The fourth-order valence-corrected chi connectivity index (χ4v) is 2.67. The van der Waals surface area contributed by atoms with Gasteiger partial charge in [-0.3, -0.25) is 0 Å². The van der Waals surface area contributed by atoms with Gasteiger partial charge in [-0.2, -0.15) is 0 Å². The molecular formula is C17H22N2O. The van der Waals surface area contributed by atoms with Crippen molar-refractivity contribution in [3.8, 4) is 5.75 Å². The SMILES string of the molecule is CCC(CC1CC1)Nc1nccc2cc(OC)ccc12. The second-order valence-electron chi connectivity index (χ2n) is 5.68. The molecule has 1 aliphatic carbocycles. The van der Waals surface area contributed by atoms with Crippen LogP contribution in [0.5, 0.6) is 5.75 Å². The molecule has 1 N–H and O–H groups in total. The maximum absolute atomic E-state index is 5.28. The third-order valence-electron chi connectivity index (χ3n) is 4.12. The fourth-order valence-electron chi connectivity index (χ4n) is 2.67. The number of hydrogen-bond donors (Lipinski definition) is 1. The number of methoxy groups -OCH3 is 1. The summed E-state index contributed by atoms with van der Waals surface area (Å²) >= 11 is 0. The first-order valence-corrected chi connectivity index (χ1v) is 7.49. The Kier molecular flexibility index (Phi) is 3.77.